The smallest absolute Gasteiger partial charge is 0.328 e. The summed E-state index contributed by atoms with van der Waals surface area (Å²) in [5, 5.41) is 0. The van der Waals surface area contributed by atoms with Crippen molar-refractivity contribution in [2.75, 3.05) is 25.5 Å². The average Bonchev–Trinajstić information content (AvgIpc) is 2.88. The Kier molecular flexibility index (Phi) is 6.75. The van der Waals surface area contributed by atoms with Gasteiger partial charge in [0.25, 0.3) is 0 Å². The maximum Gasteiger partial charge on any atom is 0.331 e. The van der Waals surface area contributed by atoms with Gasteiger partial charge >= 0.3 is 7.60 Å². The van der Waals surface area contributed by atoms with Crippen molar-refractivity contribution < 1.29 is 22.7 Å². The summed E-state index contributed by atoms with van der Waals surface area (Å²) >= 11 is 0. The van der Waals surface area contributed by atoms with Gasteiger partial charge in [0.1, 0.15) is 0 Å². The van der Waals surface area contributed by atoms with Crippen molar-refractivity contribution >= 4 is 15.0 Å². The Morgan fingerprint density at radius 2 is 1.53 bits per heavy atom. The number of hydrogen-bond acceptors (Lipinski definition) is 5. The summed E-state index contributed by atoms with van der Waals surface area (Å²) in [5.74, 6) is 0. The van der Waals surface area contributed by atoms with Crippen molar-refractivity contribution in [2.45, 2.75) is 52.3 Å². The van der Waals surface area contributed by atoms with E-state index in [1.807, 2.05) is 27.7 Å². The largest absolute Gasteiger partial charge is 0.331 e. The maximum atomic E-state index is 11.5. The van der Waals surface area contributed by atoms with Crippen molar-refractivity contribution in [1.82, 2.24) is 0 Å². The fourth-order valence-corrected chi connectivity index (χ4v) is 5.72. The van der Waals surface area contributed by atoms with E-state index >= 15 is 0 Å². The van der Waals surface area contributed by atoms with Gasteiger partial charge in [-0.1, -0.05) is 13.8 Å². The second-order valence-electron chi connectivity index (χ2n) is 5.41. The van der Waals surface area contributed by atoms with Gasteiger partial charge in [-0.15, -0.1) is 0 Å². The molecular weight excluding hydrogens is 286 g/mol. The molecule has 0 amide bonds. The van der Waals surface area contributed by atoms with Crippen molar-refractivity contribution in [1.29, 1.82) is 0 Å². The van der Waals surface area contributed by atoms with Crippen molar-refractivity contribution in [3.63, 3.8) is 0 Å². The van der Waals surface area contributed by atoms with Gasteiger partial charge in [0.2, 0.25) is 7.37 Å². The van der Waals surface area contributed by atoms with E-state index in [0.29, 0.717) is 19.4 Å². The summed E-state index contributed by atoms with van der Waals surface area (Å²) in [6, 6.07) is 0. The lowest BCUT2D eigenvalue weighted by Crippen LogP contribution is -2.00. The van der Waals surface area contributed by atoms with Crippen molar-refractivity contribution in [3.8, 4) is 0 Å². The zero-order valence-electron chi connectivity index (χ0n) is 12.3. The molecule has 19 heavy (non-hydrogen) atoms. The molecule has 2 aliphatic rings. The fraction of sp³-hybridized carbons (Fsp3) is 1.00. The van der Waals surface area contributed by atoms with Crippen LogP contribution in [-0.4, -0.2) is 37.3 Å². The maximum absolute atomic E-state index is 11.5. The lowest BCUT2D eigenvalue weighted by atomic mass is 10.5. The van der Waals surface area contributed by atoms with Gasteiger partial charge in [0.15, 0.2) is 0 Å². The van der Waals surface area contributed by atoms with Crippen LogP contribution < -0.4 is 0 Å². The molecule has 2 atom stereocenters. The molecule has 2 rings (SSSR count). The molecule has 5 nitrogen and oxygen atoms in total. The molecule has 0 aromatic heterocycles. The van der Waals surface area contributed by atoms with Crippen LogP contribution in [0.1, 0.15) is 40.5 Å². The lowest BCUT2D eigenvalue weighted by Gasteiger charge is -2.13. The highest BCUT2D eigenvalue weighted by molar-refractivity contribution is 7.59. The Morgan fingerprint density at radius 1 is 0.947 bits per heavy atom. The van der Waals surface area contributed by atoms with Gasteiger partial charge in [-0.2, -0.15) is 0 Å². The van der Waals surface area contributed by atoms with E-state index in [4.69, 9.17) is 13.6 Å². The van der Waals surface area contributed by atoms with Crippen LogP contribution in [0.3, 0.4) is 0 Å². The van der Waals surface area contributed by atoms with Crippen molar-refractivity contribution in [2.24, 2.45) is 0 Å². The minimum absolute atomic E-state index is 0.00364. The molecule has 2 saturated heterocycles. The Morgan fingerprint density at radius 3 is 1.84 bits per heavy atom. The molecule has 2 heterocycles. The summed E-state index contributed by atoms with van der Waals surface area (Å²) in [6.45, 7) is 8.94. The molecule has 2 fully saturated rings. The SMILES string of the molecule is CC(C)OP1(=O)CCCO1.CC(C)P1(=O)CCCO1. The Labute approximate surface area is 116 Å². The van der Waals surface area contributed by atoms with Crippen LogP contribution in [0.15, 0.2) is 0 Å². The first-order valence-corrected chi connectivity index (χ1v) is 10.5. The van der Waals surface area contributed by atoms with E-state index in [1.165, 1.54) is 0 Å². The molecule has 0 saturated carbocycles. The summed E-state index contributed by atoms with van der Waals surface area (Å²) in [7, 11) is -4.77. The van der Waals surface area contributed by atoms with Crippen LogP contribution in [-0.2, 0) is 22.7 Å². The second kappa shape index (κ2) is 7.38. The van der Waals surface area contributed by atoms with Gasteiger partial charge in [0.05, 0.1) is 25.5 Å². The predicted molar refractivity (Wildman–Crippen MR) is 77.4 cm³/mol. The van der Waals surface area contributed by atoms with Gasteiger partial charge in [-0.3, -0.25) is 9.13 Å². The summed E-state index contributed by atoms with van der Waals surface area (Å²) < 4.78 is 38.1. The van der Waals surface area contributed by atoms with E-state index in [0.717, 1.165) is 19.0 Å². The molecule has 0 N–H and O–H groups in total. The lowest BCUT2D eigenvalue weighted by molar-refractivity contribution is 0.187. The second-order valence-corrected chi connectivity index (χ2v) is 10.7. The van der Waals surface area contributed by atoms with Crippen molar-refractivity contribution in [3.05, 3.63) is 0 Å². The first-order chi connectivity index (χ1) is 8.77. The Balaban J connectivity index is 0.000000191. The minimum Gasteiger partial charge on any atom is -0.328 e. The molecule has 7 heteroatoms. The zero-order chi connectivity index (χ0) is 14.5. The van der Waals surface area contributed by atoms with E-state index < -0.39 is 15.0 Å². The minimum atomic E-state index is -2.63. The summed E-state index contributed by atoms with van der Waals surface area (Å²) in [6.07, 6.45) is 3.24. The van der Waals surface area contributed by atoms with E-state index in [1.54, 1.807) is 0 Å². The van der Waals surface area contributed by atoms with Crippen LogP contribution in [0, 0.1) is 0 Å². The standard InChI is InChI=1S/C6H13O3P.C6H13O2P/c1-6(2)9-10(7)5-3-4-8-10;1-6(2)9(7)5-3-4-8-9/h6H,3-5H2,1-2H3;6H,3-5H2,1-2H3. The molecule has 0 aliphatic carbocycles. The van der Waals surface area contributed by atoms with Gasteiger partial charge in [-0.25, -0.2) is 0 Å². The summed E-state index contributed by atoms with van der Waals surface area (Å²) in [4.78, 5) is 0. The molecule has 114 valence electrons. The highest BCUT2D eigenvalue weighted by Crippen LogP contribution is 2.55. The van der Waals surface area contributed by atoms with Gasteiger partial charge in [0, 0.05) is 11.8 Å². The first-order valence-electron chi connectivity index (χ1n) is 6.93. The Hall–Kier alpha value is 0.340. The third kappa shape index (κ3) is 5.69. The quantitative estimate of drug-likeness (QED) is 0.734. The van der Waals surface area contributed by atoms with E-state index in [-0.39, 0.29) is 11.8 Å². The van der Waals surface area contributed by atoms with Gasteiger partial charge < -0.3 is 13.6 Å². The number of rotatable bonds is 3. The van der Waals surface area contributed by atoms with Crippen LogP contribution >= 0.6 is 15.0 Å². The monoisotopic (exact) mass is 312 g/mol. The topological polar surface area (TPSA) is 61.8 Å². The first kappa shape index (κ1) is 17.4. The highest BCUT2D eigenvalue weighted by Gasteiger charge is 2.31. The molecule has 0 bridgehead atoms. The number of hydrogen-bond donors (Lipinski definition) is 0. The summed E-state index contributed by atoms with van der Waals surface area (Å²) in [5.41, 5.74) is 0.222. The van der Waals surface area contributed by atoms with Crippen LogP contribution in [0.4, 0.5) is 0 Å². The van der Waals surface area contributed by atoms with Crippen LogP contribution in [0.25, 0.3) is 0 Å². The third-order valence-electron chi connectivity index (χ3n) is 2.95. The van der Waals surface area contributed by atoms with Gasteiger partial charge in [-0.05, 0) is 26.7 Å². The molecular formula is C12H26O5P2. The molecule has 0 aromatic rings. The highest BCUT2D eigenvalue weighted by atomic mass is 31.2. The normalized spacial score (nSPS) is 34.6. The molecule has 0 aromatic carbocycles. The van der Waals surface area contributed by atoms with Crippen LogP contribution in [0.2, 0.25) is 0 Å². The molecule has 2 unspecified atom stereocenters. The third-order valence-corrected chi connectivity index (χ3v) is 8.26. The molecule has 0 radical (unpaired) electrons. The fourth-order valence-electron chi connectivity index (χ4n) is 1.91. The average molecular weight is 312 g/mol. The zero-order valence-corrected chi connectivity index (χ0v) is 14.1. The molecule has 0 spiro atoms. The van der Waals surface area contributed by atoms with E-state index in [9.17, 15) is 9.13 Å². The molecule has 2 aliphatic heterocycles. The Bertz CT molecular complexity index is 347. The van der Waals surface area contributed by atoms with Crippen LogP contribution in [0.5, 0.6) is 0 Å². The predicted octanol–water partition coefficient (Wildman–Crippen LogP) is 4.12. The van der Waals surface area contributed by atoms with E-state index in [2.05, 4.69) is 0 Å².